The van der Waals surface area contributed by atoms with E-state index in [-0.39, 0.29) is 11.6 Å². The number of benzene rings is 1. The van der Waals surface area contributed by atoms with Gasteiger partial charge in [-0.25, -0.2) is 0 Å². The van der Waals surface area contributed by atoms with E-state index in [9.17, 15) is 4.79 Å². The molecule has 0 aliphatic carbocycles. The highest BCUT2D eigenvalue weighted by atomic mass is 16.5. The predicted molar refractivity (Wildman–Crippen MR) is 85.6 cm³/mol. The fourth-order valence-electron chi connectivity index (χ4n) is 2.30. The normalized spacial score (nSPS) is 12.5. The van der Waals surface area contributed by atoms with Crippen LogP contribution in [0.2, 0.25) is 0 Å². The van der Waals surface area contributed by atoms with Gasteiger partial charge in [0.05, 0.1) is 17.5 Å². The number of nitrogens with one attached hydrogen (secondary N) is 1. The summed E-state index contributed by atoms with van der Waals surface area (Å²) in [5.74, 6) is 0.498. The molecule has 3 N–H and O–H groups in total. The number of rotatable bonds is 7. The Labute approximate surface area is 124 Å². The van der Waals surface area contributed by atoms with E-state index in [0.29, 0.717) is 29.1 Å². The van der Waals surface area contributed by atoms with Gasteiger partial charge in [-0.3, -0.25) is 9.78 Å². The van der Waals surface area contributed by atoms with Crippen molar-refractivity contribution in [1.29, 1.82) is 0 Å². The Morgan fingerprint density at radius 3 is 2.90 bits per heavy atom. The Morgan fingerprint density at radius 1 is 1.38 bits per heavy atom. The van der Waals surface area contributed by atoms with Crippen LogP contribution in [0.15, 0.2) is 23.0 Å². The lowest BCUT2D eigenvalue weighted by Gasteiger charge is -2.14. The summed E-state index contributed by atoms with van der Waals surface area (Å²) >= 11 is 0. The monoisotopic (exact) mass is 289 g/mol. The van der Waals surface area contributed by atoms with Crippen LogP contribution in [0.1, 0.15) is 39.5 Å². The zero-order valence-electron chi connectivity index (χ0n) is 12.7. The smallest absolute Gasteiger partial charge is 0.297 e. The molecule has 0 spiro atoms. The van der Waals surface area contributed by atoms with Crippen LogP contribution in [0.25, 0.3) is 10.9 Å². The van der Waals surface area contributed by atoms with E-state index in [1.54, 1.807) is 18.2 Å². The van der Waals surface area contributed by atoms with Crippen LogP contribution in [0.3, 0.4) is 0 Å². The van der Waals surface area contributed by atoms with Crippen molar-refractivity contribution in [2.24, 2.45) is 5.92 Å². The minimum atomic E-state index is -0.219. The molecule has 0 saturated heterocycles. The summed E-state index contributed by atoms with van der Waals surface area (Å²) in [7, 11) is 0. The highest BCUT2D eigenvalue weighted by Crippen LogP contribution is 2.16. The zero-order chi connectivity index (χ0) is 15.2. The molecule has 114 valence electrons. The van der Waals surface area contributed by atoms with E-state index in [4.69, 9.17) is 10.5 Å². The molecule has 0 bridgehead atoms. The van der Waals surface area contributed by atoms with Gasteiger partial charge in [0.25, 0.3) is 11.6 Å². The molecule has 0 aliphatic rings. The SMILES string of the molecule is CCCCC(CC)COc1nc2ccc(N)cc2c(=O)[nH]1. The molecule has 0 fully saturated rings. The van der Waals surface area contributed by atoms with E-state index in [1.165, 1.54) is 12.8 Å². The van der Waals surface area contributed by atoms with Crippen LogP contribution in [-0.4, -0.2) is 16.6 Å². The van der Waals surface area contributed by atoms with Crippen molar-refractivity contribution in [2.45, 2.75) is 39.5 Å². The first kappa shape index (κ1) is 15.4. The fraction of sp³-hybridized carbons (Fsp3) is 0.500. The average molecular weight is 289 g/mol. The fourth-order valence-corrected chi connectivity index (χ4v) is 2.30. The molecular weight excluding hydrogens is 266 g/mol. The third-order valence-electron chi connectivity index (χ3n) is 3.71. The quantitative estimate of drug-likeness (QED) is 0.767. The molecule has 21 heavy (non-hydrogen) atoms. The maximum Gasteiger partial charge on any atom is 0.297 e. The Morgan fingerprint density at radius 2 is 2.19 bits per heavy atom. The summed E-state index contributed by atoms with van der Waals surface area (Å²) in [4.78, 5) is 19.0. The van der Waals surface area contributed by atoms with E-state index in [1.807, 2.05) is 0 Å². The van der Waals surface area contributed by atoms with E-state index < -0.39 is 0 Å². The Hall–Kier alpha value is -2.04. The second-order valence-electron chi connectivity index (χ2n) is 5.38. The van der Waals surface area contributed by atoms with Gasteiger partial charge < -0.3 is 10.5 Å². The number of unbranched alkanes of at least 4 members (excludes halogenated alkanes) is 1. The Bertz CT molecular complexity index is 652. The highest BCUT2D eigenvalue weighted by Gasteiger charge is 2.09. The van der Waals surface area contributed by atoms with Crippen LogP contribution < -0.4 is 16.0 Å². The third-order valence-corrected chi connectivity index (χ3v) is 3.71. The van der Waals surface area contributed by atoms with Crippen molar-refractivity contribution in [3.8, 4) is 6.01 Å². The summed E-state index contributed by atoms with van der Waals surface area (Å²) < 4.78 is 5.68. The summed E-state index contributed by atoms with van der Waals surface area (Å²) in [6, 6.07) is 5.38. The molecule has 0 aliphatic heterocycles. The van der Waals surface area contributed by atoms with Crippen LogP contribution in [0.5, 0.6) is 6.01 Å². The van der Waals surface area contributed by atoms with Gasteiger partial charge in [-0.15, -0.1) is 0 Å². The summed E-state index contributed by atoms with van der Waals surface area (Å²) in [6.45, 7) is 4.92. The number of aromatic amines is 1. The van der Waals surface area contributed by atoms with Crippen molar-refractivity contribution >= 4 is 16.6 Å². The van der Waals surface area contributed by atoms with Crippen LogP contribution in [0.4, 0.5) is 5.69 Å². The van der Waals surface area contributed by atoms with Crippen LogP contribution in [0, 0.1) is 5.92 Å². The van der Waals surface area contributed by atoms with Gasteiger partial charge >= 0.3 is 0 Å². The van der Waals surface area contributed by atoms with Crippen molar-refractivity contribution in [1.82, 2.24) is 9.97 Å². The number of hydrogen-bond donors (Lipinski definition) is 2. The van der Waals surface area contributed by atoms with Crippen molar-refractivity contribution in [3.05, 3.63) is 28.6 Å². The Balaban J connectivity index is 2.12. The van der Waals surface area contributed by atoms with Gasteiger partial charge in [0.2, 0.25) is 0 Å². The number of aromatic nitrogens is 2. The van der Waals surface area contributed by atoms with E-state index >= 15 is 0 Å². The predicted octanol–water partition coefficient (Wildman–Crippen LogP) is 3.10. The molecule has 5 heteroatoms. The molecule has 1 heterocycles. The first-order valence-corrected chi connectivity index (χ1v) is 7.56. The van der Waals surface area contributed by atoms with Crippen LogP contribution in [-0.2, 0) is 0 Å². The van der Waals surface area contributed by atoms with Gasteiger partial charge in [0.1, 0.15) is 0 Å². The molecule has 0 saturated carbocycles. The van der Waals surface area contributed by atoms with Gasteiger partial charge in [0.15, 0.2) is 0 Å². The second-order valence-corrected chi connectivity index (χ2v) is 5.38. The minimum absolute atomic E-state index is 0.219. The standard InChI is InChI=1S/C16H23N3O2/c1-3-5-6-11(4-2)10-21-16-18-14-8-7-12(17)9-13(14)15(20)19-16/h7-9,11H,3-6,10,17H2,1-2H3,(H,18,19,20). The number of ether oxygens (including phenoxy) is 1. The first-order valence-electron chi connectivity index (χ1n) is 7.56. The third kappa shape index (κ3) is 3.97. The summed E-state index contributed by atoms with van der Waals surface area (Å²) in [5.41, 5.74) is 6.61. The summed E-state index contributed by atoms with van der Waals surface area (Å²) in [5, 5.41) is 0.486. The molecule has 0 radical (unpaired) electrons. The van der Waals surface area contributed by atoms with Gasteiger partial charge in [0, 0.05) is 5.69 Å². The van der Waals surface area contributed by atoms with Crippen molar-refractivity contribution in [3.63, 3.8) is 0 Å². The second kappa shape index (κ2) is 7.11. The number of fused-ring (bicyclic) bond motifs is 1. The number of hydrogen-bond acceptors (Lipinski definition) is 4. The van der Waals surface area contributed by atoms with Crippen molar-refractivity contribution in [2.75, 3.05) is 12.3 Å². The molecule has 1 unspecified atom stereocenters. The number of H-pyrrole nitrogens is 1. The molecule has 2 aromatic rings. The molecular formula is C16H23N3O2. The topological polar surface area (TPSA) is 81.0 Å². The molecule has 1 aromatic heterocycles. The molecule has 1 aromatic carbocycles. The van der Waals surface area contributed by atoms with Gasteiger partial charge in [-0.1, -0.05) is 33.1 Å². The molecule has 1 atom stereocenters. The number of nitrogen functional groups attached to an aromatic ring is 1. The van der Waals surface area contributed by atoms with Crippen molar-refractivity contribution < 1.29 is 4.74 Å². The largest absolute Gasteiger partial charge is 0.464 e. The van der Waals surface area contributed by atoms with Crippen LogP contribution >= 0.6 is 0 Å². The minimum Gasteiger partial charge on any atom is -0.464 e. The maximum atomic E-state index is 12.0. The average Bonchev–Trinajstić information content (AvgIpc) is 2.48. The number of nitrogens with zero attached hydrogens (tertiary/aromatic N) is 1. The van der Waals surface area contributed by atoms with E-state index in [2.05, 4.69) is 23.8 Å². The number of anilines is 1. The van der Waals surface area contributed by atoms with Gasteiger partial charge in [-0.05, 0) is 30.5 Å². The lowest BCUT2D eigenvalue weighted by atomic mass is 10.0. The molecule has 2 rings (SSSR count). The van der Waals surface area contributed by atoms with E-state index in [0.717, 1.165) is 12.8 Å². The molecule has 0 amide bonds. The maximum absolute atomic E-state index is 12.0. The van der Waals surface area contributed by atoms with Gasteiger partial charge in [-0.2, -0.15) is 4.98 Å². The molecule has 5 nitrogen and oxygen atoms in total. The highest BCUT2D eigenvalue weighted by molar-refractivity contribution is 5.81. The lowest BCUT2D eigenvalue weighted by Crippen LogP contribution is -2.16. The lowest BCUT2D eigenvalue weighted by molar-refractivity contribution is 0.218. The summed E-state index contributed by atoms with van der Waals surface area (Å²) in [6.07, 6.45) is 4.58. The Kier molecular flexibility index (Phi) is 5.20. The first-order chi connectivity index (χ1) is 10.1. The number of nitrogens with two attached hydrogens (primary N) is 1. The zero-order valence-corrected chi connectivity index (χ0v) is 12.7.